The first-order valence-corrected chi connectivity index (χ1v) is 14.7. The van der Waals surface area contributed by atoms with Crippen LogP contribution < -0.4 is 10.7 Å². The second kappa shape index (κ2) is 13.2. The van der Waals surface area contributed by atoms with Crippen molar-refractivity contribution in [3.05, 3.63) is 119 Å². The number of hydrogen-bond donors (Lipinski definition) is 2. The molecule has 1 fully saturated rings. The van der Waals surface area contributed by atoms with Gasteiger partial charge >= 0.3 is 6.18 Å². The van der Waals surface area contributed by atoms with Crippen molar-refractivity contribution in [3.63, 3.8) is 0 Å². The molecule has 43 heavy (non-hydrogen) atoms. The van der Waals surface area contributed by atoms with Gasteiger partial charge in [0.2, 0.25) is 5.95 Å². The van der Waals surface area contributed by atoms with Crippen molar-refractivity contribution in [2.24, 2.45) is 0 Å². The number of nitrogens with zero attached hydrogens (tertiary/aromatic N) is 2. The third-order valence-electron chi connectivity index (χ3n) is 8.66. The SMILES string of the molecule is C=CNN1CCCC1(C)/C(C)=C(\Cc1cccc(CC)c1CC)C(=C)Nc1ccc(C(F)(F)F)cc1-c1ccc(F)nc1. The van der Waals surface area contributed by atoms with Gasteiger partial charge in [-0.3, -0.25) is 0 Å². The molecule has 1 aliphatic rings. The van der Waals surface area contributed by atoms with Crippen molar-refractivity contribution >= 4 is 5.69 Å². The van der Waals surface area contributed by atoms with E-state index in [1.54, 1.807) is 6.20 Å². The quantitative estimate of drug-likeness (QED) is 0.132. The lowest BCUT2D eigenvalue weighted by molar-refractivity contribution is -0.137. The fraction of sp³-hybridized carbons (Fsp3) is 0.343. The second-order valence-corrected chi connectivity index (χ2v) is 11.1. The molecule has 1 unspecified atom stereocenters. The first-order chi connectivity index (χ1) is 20.4. The average Bonchev–Trinajstić information content (AvgIpc) is 3.36. The number of rotatable bonds is 11. The smallest absolute Gasteiger partial charge is 0.355 e. The van der Waals surface area contributed by atoms with Crippen LogP contribution in [0.25, 0.3) is 11.1 Å². The third kappa shape index (κ3) is 6.85. The summed E-state index contributed by atoms with van der Waals surface area (Å²) < 4.78 is 54.8. The number of allylic oxidation sites excluding steroid dienone is 1. The van der Waals surface area contributed by atoms with Crippen LogP contribution in [0.2, 0.25) is 0 Å². The van der Waals surface area contributed by atoms with Gasteiger partial charge in [-0.05, 0) is 104 Å². The first-order valence-electron chi connectivity index (χ1n) is 14.7. The van der Waals surface area contributed by atoms with E-state index in [2.05, 4.69) is 79.8 Å². The maximum absolute atomic E-state index is 13.7. The van der Waals surface area contributed by atoms with Crippen molar-refractivity contribution in [2.45, 2.75) is 71.5 Å². The summed E-state index contributed by atoms with van der Waals surface area (Å²) in [6, 6.07) is 12.4. The van der Waals surface area contributed by atoms with E-state index in [-0.39, 0.29) is 11.1 Å². The number of alkyl halides is 3. The fourth-order valence-corrected chi connectivity index (χ4v) is 6.13. The van der Waals surface area contributed by atoms with Gasteiger partial charge in [0.25, 0.3) is 0 Å². The summed E-state index contributed by atoms with van der Waals surface area (Å²) in [5, 5.41) is 5.54. The van der Waals surface area contributed by atoms with Crippen LogP contribution in [-0.2, 0) is 25.4 Å². The minimum Gasteiger partial charge on any atom is -0.355 e. The van der Waals surface area contributed by atoms with Crippen LogP contribution in [0.15, 0.2) is 90.9 Å². The van der Waals surface area contributed by atoms with E-state index in [0.717, 1.165) is 61.6 Å². The zero-order valence-corrected chi connectivity index (χ0v) is 25.3. The lowest BCUT2D eigenvalue weighted by Crippen LogP contribution is -2.48. The van der Waals surface area contributed by atoms with Crippen molar-refractivity contribution in [1.82, 2.24) is 15.4 Å². The fourth-order valence-electron chi connectivity index (χ4n) is 6.13. The molecule has 1 aliphatic heterocycles. The highest BCUT2D eigenvalue weighted by molar-refractivity contribution is 5.80. The van der Waals surface area contributed by atoms with Gasteiger partial charge in [0.1, 0.15) is 0 Å². The number of benzene rings is 2. The standard InChI is InChI=1S/C35H40F4N4/c1-7-25-12-10-13-26(29(25)8-2)20-30(23(4)34(6)18-11-19-43(34)41-9-3)24(5)42-32-16-15-28(35(37,38)39)21-31(32)27-14-17-33(36)40-22-27/h9-10,12-17,21-22,41-42H,3,5,7-8,11,18-20H2,1-2,4,6H3/b30-23+. The Labute approximate surface area is 252 Å². The highest BCUT2D eigenvalue weighted by Crippen LogP contribution is 2.40. The molecule has 1 atom stereocenters. The molecule has 2 aromatic carbocycles. The molecule has 8 heteroatoms. The molecule has 4 rings (SSSR count). The lowest BCUT2D eigenvalue weighted by atomic mass is 9.83. The summed E-state index contributed by atoms with van der Waals surface area (Å²) in [6.07, 6.45) is 2.68. The summed E-state index contributed by atoms with van der Waals surface area (Å²) in [4.78, 5) is 3.68. The molecule has 0 spiro atoms. The Morgan fingerprint density at radius 1 is 1.09 bits per heavy atom. The minimum atomic E-state index is -4.54. The average molecular weight is 593 g/mol. The van der Waals surface area contributed by atoms with Crippen LogP contribution in [0.3, 0.4) is 0 Å². The predicted octanol–water partition coefficient (Wildman–Crippen LogP) is 9.02. The molecular formula is C35H40F4N4. The molecule has 2 heterocycles. The van der Waals surface area contributed by atoms with Crippen molar-refractivity contribution in [3.8, 4) is 11.1 Å². The van der Waals surface area contributed by atoms with Gasteiger partial charge in [-0.25, -0.2) is 9.99 Å². The van der Waals surface area contributed by atoms with Crippen LogP contribution in [0.1, 0.15) is 62.8 Å². The summed E-state index contributed by atoms with van der Waals surface area (Å²) in [7, 11) is 0. The maximum atomic E-state index is 13.7. The van der Waals surface area contributed by atoms with Crippen LogP contribution in [0.5, 0.6) is 0 Å². The van der Waals surface area contributed by atoms with Crippen molar-refractivity contribution in [2.75, 3.05) is 11.9 Å². The second-order valence-electron chi connectivity index (χ2n) is 11.1. The van der Waals surface area contributed by atoms with E-state index in [1.807, 2.05) is 0 Å². The molecule has 0 bridgehead atoms. The Kier molecular flexibility index (Phi) is 9.80. The third-order valence-corrected chi connectivity index (χ3v) is 8.66. The molecule has 0 aliphatic carbocycles. The Bertz CT molecular complexity index is 1510. The van der Waals surface area contributed by atoms with Crippen molar-refractivity contribution < 1.29 is 17.6 Å². The minimum absolute atomic E-state index is 0.254. The molecule has 1 saturated heterocycles. The molecule has 2 N–H and O–H groups in total. The van der Waals surface area contributed by atoms with E-state index in [1.165, 1.54) is 35.0 Å². The van der Waals surface area contributed by atoms with Gasteiger partial charge in [-0.15, -0.1) is 0 Å². The van der Waals surface area contributed by atoms with Crippen LogP contribution in [0, 0.1) is 5.95 Å². The van der Waals surface area contributed by atoms with Crippen molar-refractivity contribution in [1.29, 1.82) is 0 Å². The molecule has 0 amide bonds. The number of anilines is 1. The molecule has 3 aromatic rings. The van der Waals surface area contributed by atoms with E-state index >= 15 is 0 Å². The Morgan fingerprint density at radius 2 is 1.84 bits per heavy atom. The number of aryl methyl sites for hydroxylation is 1. The van der Waals surface area contributed by atoms with Gasteiger partial charge < -0.3 is 10.7 Å². The normalized spacial score (nSPS) is 17.9. The van der Waals surface area contributed by atoms with E-state index in [4.69, 9.17) is 0 Å². The van der Waals surface area contributed by atoms with Gasteiger partial charge in [-0.2, -0.15) is 17.6 Å². The van der Waals surface area contributed by atoms with E-state index < -0.39 is 17.7 Å². The van der Waals surface area contributed by atoms with Gasteiger partial charge in [0.05, 0.1) is 11.1 Å². The lowest BCUT2D eigenvalue weighted by Gasteiger charge is -2.38. The van der Waals surface area contributed by atoms with E-state index in [0.29, 0.717) is 23.4 Å². The topological polar surface area (TPSA) is 40.2 Å². The Morgan fingerprint density at radius 3 is 2.47 bits per heavy atom. The molecular weight excluding hydrogens is 552 g/mol. The first kappa shape index (κ1) is 32.0. The summed E-state index contributed by atoms with van der Waals surface area (Å²) in [6.45, 7) is 17.7. The number of aromatic nitrogens is 1. The van der Waals surface area contributed by atoms with Crippen LogP contribution >= 0.6 is 0 Å². The van der Waals surface area contributed by atoms with Gasteiger partial charge in [0, 0.05) is 41.5 Å². The Balaban J connectivity index is 1.84. The predicted molar refractivity (Wildman–Crippen MR) is 167 cm³/mol. The molecule has 0 radical (unpaired) electrons. The highest BCUT2D eigenvalue weighted by Gasteiger charge is 2.39. The van der Waals surface area contributed by atoms with Gasteiger partial charge in [-0.1, -0.05) is 45.2 Å². The highest BCUT2D eigenvalue weighted by atomic mass is 19.4. The molecule has 228 valence electrons. The number of halogens is 4. The molecule has 0 saturated carbocycles. The molecule has 1 aromatic heterocycles. The maximum Gasteiger partial charge on any atom is 0.416 e. The zero-order valence-electron chi connectivity index (χ0n) is 25.3. The van der Waals surface area contributed by atoms with Crippen LogP contribution in [-0.4, -0.2) is 22.1 Å². The van der Waals surface area contributed by atoms with E-state index in [9.17, 15) is 17.6 Å². The number of pyridine rings is 1. The monoisotopic (exact) mass is 592 g/mol. The summed E-state index contributed by atoms with van der Waals surface area (Å²) in [5.74, 6) is -0.709. The number of hydrazine groups is 1. The number of hydrogen-bond acceptors (Lipinski definition) is 4. The summed E-state index contributed by atoms with van der Waals surface area (Å²) >= 11 is 0. The Hall–Kier alpha value is -3.91. The zero-order chi connectivity index (χ0) is 31.4. The number of nitrogens with one attached hydrogen (secondary N) is 2. The summed E-state index contributed by atoms with van der Waals surface area (Å²) in [5.41, 5.74) is 9.65. The van der Waals surface area contributed by atoms with Crippen LogP contribution in [0.4, 0.5) is 23.2 Å². The largest absolute Gasteiger partial charge is 0.416 e. The van der Waals surface area contributed by atoms with Gasteiger partial charge in [0.15, 0.2) is 0 Å². The molecule has 4 nitrogen and oxygen atoms in total.